The first kappa shape index (κ1) is 25.4. The van der Waals surface area contributed by atoms with Crippen LogP contribution in [0.3, 0.4) is 0 Å². The molecule has 7 heteroatoms. The molecule has 1 heterocycles. The lowest BCUT2D eigenvalue weighted by Crippen LogP contribution is -2.40. The van der Waals surface area contributed by atoms with Crippen molar-refractivity contribution in [1.82, 2.24) is 25.1 Å². The van der Waals surface area contributed by atoms with Crippen molar-refractivity contribution in [3.63, 3.8) is 0 Å². The first-order chi connectivity index (χ1) is 13.6. The molecular formula is C22H37IN6. The minimum atomic E-state index is 0. The number of aliphatic imine (C=N–C) groups is 1. The topological polar surface area (TPSA) is 57.5 Å². The molecule has 1 atom stereocenters. The van der Waals surface area contributed by atoms with Crippen LogP contribution in [-0.4, -0.2) is 53.6 Å². The molecule has 1 aromatic carbocycles. The van der Waals surface area contributed by atoms with E-state index >= 15 is 0 Å². The molecule has 0 aliphatic heterocycles. The van der Waals surface area contributed by atoms with Crippen molar-refractivity contribution in [2.24, 2.45) is 4.99 Å². The minimum absolute atomic E-state index is 0. The first-order valence-electron chi connectivity index (χ1n) is 10.3. The first-order valence-corrected chi connectivity index (χ1v) is 10.3. The third kappa shape index (κ3) is 9.62. The molecule has 0 radical (unpaired) electrons. The highest BCUT2D eigenvalue weighted by Crippen LogP contribution is 2.07. The second-order valence-electron chi connectivity index (χ2n) is 7.34. The number of nitrogens with one attached hydrogen (secondary N) is 2. The van der Waals surface area contributed by atoms with Crippen LogP contribution in [-0.2, 0) is 13.1 Å². The maximum atomic E-state index is 4.32. The van der Waals surface area contributed by atoms with E-state index < -0.39 is 0 Å². The predicted molar refractivity (Wildman–Crippen MR) is 133 cm³/mol. The molecule has 6 nitrogen and oxygen atoms in total. The lowest BCUT2D eigenvalue weighted by molar-refractivity contribution is 0.238. The van der Waals surface area contributed by atoms with Crippen LogP contribution >= 0.6 is 24.0 Å². The number of unbranched alkanes of at least 4 members (excludes halogenated alkanes) is 1. The Morgan fingerprint density at radius 3 is 2.55 bits per heavy atom. The molecule has 0 bridgehead atoms. The van der Waals surface area contributed by atoms with Gasteiger partial charge in [0.05, 0.1) is 0 Å². The summed E-state index contributed by atoms with van der Waals surface area (Å²) in [6.45, 7) is 8.16. The second-order valence-corrected chi connectivity index (χ2v) is 7.34. The summed E-state index contributed by atoms with van der Waals surface area (Å²) in [5, 5.41) is 6.84. The van der Waals surface area contributed by atoms with Crippen LogP contribution in [0.5, 0.6) is 0 Å². The maximum absolute atomic E-state index is 4.32. The number of imidazole rings is 1. The van der Waals surface area contributed by atoms with Gasteiger partial charge in [-0.3, -0.25) is 9.89 Å². The molecule has 1 aromatic heterocycles. The van der Waals surface area contributed by atoms with Gasteiger partial charge in [0.15, 0.2) is 5.96 Å². The van der Waals surface area contributed by atoms with Crippen molar-refractivity contribution in [2.45, 2.75) is 52.2 Å². The number of benzene rings is 1. The predicted octanol–water partition coefficient (Wildman–Crippen LogP) is 3.67. The van der Waals surface area contributed by atoms with Gasteiger partial charge in [0, 0.05) is 51.7 Å². The van der Waals surface area contributed by atoms with Crippen molar-refractivity contribution >= 4 is 29.9 Å². The zero-order valence-electron chi connectivity index (χ0n) is 18.3. The van der Waals surface area contributed by atoms with Gasteiger partial charge in [0.25, 0.3) is 0 Å². The summed E-state index contributed by atoms with van der Waals surface area (Å²) in [6, 6.07) is 11.1. The third-order valence-electron chi connectivity index (χ3n) is 5.15. The largest absolute Gasteiger partial charge is 0.356 e. The Labute approximate surface area is 193 Å². The number of aromatic nitrogens is 2. The SMILES string of the molecule is CN=C(NCCCCn1ccnc1C)NCCC(C)N(C)Cc1ccccc1.I. The standard InChI is InChI=1S/C22H36N6.HI/c1-19(27(4)18-21-10-6-5-7-11-21)12-14-26-22(23-3)25-13-8-9-16-28-17-15-24-20(28)2;/h5-7,10-11,15,17,19H,8-9,12-14,16,18H2,1-4H3,(H2,23,25,26);1H. The molecule has 0 spiro atoms. The average molecular weight is 512 g/mol. The van der Waals surface area contributed by atoms with Gasteiger partial charge in [-0.15, -0.1) is 24.0 Å². The van der Waals surface area contributed by atoms with Crippen molar-refractivity contribution in [3.05, 3.63) is 54.1 Å². The number of hydrogen-bond donors (Lipinski definition) is 2. The van der Waals surface area contributed by atoms with Gasteiger partial charge in [0.1, 0.15) is 5.82 Å². The second kappa shape index (κ2) is 14.4. The van der Waals surface area contributed by atoms with Crippen molar-refractivity contribution < 1.29 is 0 Å². The van der Waals surface area contributed by atoms with Crippen LogP contribution in [0.15, 0.2) is 47.7 Å². The van der Waals surface area contributed by atoms with E-state index in [2.05, 4.69) is 74.4 Å². The summed E-state index contributed by atoms with van der Waals surface area (Å²) in [6.07, 6.45) is 7.21. The van der Waals surface area contributed by atoms with Crippen LogP contribution < -0.4 is 10.6 Å². The molecule has 1 unspecified atom stereocenters. The quantitative estimate of drug-likeness (QED) is 0.209. The lowest BCUT2D eigenvalue weighted by atomic mass is 10.1. The van der Waals surface area contributed by atoms with Gasteiger partial charge < -0.3 is 15.2 Å². The Balaban J connectivity index is 0.00000420. The average Bonchev–Trinajstić information content (AvgIpc) is 3.11. The van der Waals surface area contributed by atoms with E-state index in [1.807, 2.05) is 26.4 Å². The number of guanidine groups is 1. The minimum Gasteiger partial charge on any atom is -0.356 e. The molecule has 2 rings (SSSR count). The zero-order chi connectivity index (χ0) is 20.2. The Morgan fingerprint density at radius 1 is 1.17 bits per heavy atom. The van der Waals surface area contributed by atoms with Crippen LogP contribution in [0.2, 0.25) is 0 Å². The molecule has 0 fully saturated rings. The van der Waals surface area contributed by atoms with E-state index in [4.69, 9.17) is 0 Å². The molecule has 2 N–H and O–H groups in total. The van der Waals surface area contributed by atoms with Crippen LogP contribution in [0, 0.1) is 6.92 Å². The van der Waals surface area contributed by atoms with Gasteiger partial charge in [-0.25, -0.2) is 4.98 Å². The summed E-state index contributed by atoms with van der Waals surface area (Å²) in [5.74, 6) is 1.97. The Kier molecular flexibility index (Phi) is 12.6. The van der Waals surface area contributed by atoms with E-state index in [1.54, 1.807) is 0 Å². The molecule has 0 aliphatic carbocycles. The summed E-state index contributed by atoms with van der Waals surface area (Å²) in [5.41, 5.74) is 1.35. The Hall–Kier alpha value is -1.61. The van der Waals surface area contributed by atoms with Crippen LogP contribution in [0.25, 0.3) is 0 Å². The Morgan fingerprint density at radius 2 is 1.90 bits per heavy atom. The number of aryl methyl sites for hydroxylation is 2. The fourth-order valence-electron chi connectivity index (χ4n) is 3.12. The van der Waals surface area contributed by atoms with Crippen LogP contribution in [0.4, 0.5) is 0 Å². The molecular weight excluding hydrogens is 475 g/mol. The van der Waals surface area contributed by atoms with E-state index in [-0.39, 0.29) is 24.0 Å². The highest BCUT2D eigenvalue weighted by atomic mass is 127. The maximum Gasteiger partial charge on any atom is 0.190 e. The van der Waals surface area contributed by atoms with Crippen molar-refractivity contribution in [2.75, 3.05) is 27.2 Å². The van der Waals surface area contributed by atoms with Gasteiger partial charge in [-0.1, -0.05) is 30.3 Å². The molecule has 0 saturated heterocycles. The Bertz CT molecular complexity index is 700. The van der Waals surface area contributed by atoms with Gasteiger partial charge in [-0.2, -0.15) is 0 Å². The zero-order valence-corrected chi connectivity index (χ0v) is 20.6. The number of halogens is 1. The molecule has 162 valence electrons. The number of nitrogens with zero attached hydrogens (tertiary/aromatic N) is 4. The molecule has 29 heavy (non-hydrogen) atoms. The number of rotatable bonds is 11. The normalized spacial score (nSPS) is 12.5. The fourth-order valence-corrected chi connectivity index (χ4v) is 3.12. The summed E-state index contributed by atoms with van der Waals surface area (Å²) < 4.78 is 2.19. The van der Waals surface area contributed by atoms with E-state index in [0.29, 0.717) is 6.04 Å². The molecule has 0 saturated carbocycles. The van der Waals surface area contributed by atoms with Gasteiger partial charge >= 0.3 is 0 Å². The molecule has 0 aliphatic rings. The summed E-state index contributed by atoms with van der Waals surface area (Å²) in [7, 11) is 4.02. The highest BCUT2D eigenvalue weighted by molar-refractivity contribution is 14.0. The summed E-state index contributed by atoms with van der Waals surface area (Å²) >= 11 is 0. The summed E-state index contributed by atoms with van der Waals surface area (Å²) in [4.78, 5) is 11.0. The van der Waals surface area contributed by atoms with E-state index in [9.17, 15) is 0 Å². The highest BCUT2D eigenvalue weighted by Gasteiger charge is 2.09. The van der Waals surface area contributed by atoms with Gasteiger partial charge in [0.2, 0.25) is 0 Å². The molecule has 2 aromatic rings. The fraction of sp³-hybridized carbons (Fsp3) is 0.545. The smallest absolute Gasteiger partial charge is 0.190 e. The van der Waals surface area contributed by atoms with E-state index in [1.165, 1.54) is 5.56 Å². The lowest BCUT2D eigenvalue weighted by Gasteiger charge is -2.25. The van der Waals surface area contributed by atoms with Gasteiger partial charge in [-0.05, 0) is 45.7 Å². The third-order valence-corrected chi connectivity index (χ3v) is 5.15. The van der Waals surface area contributed by atoms with Crippen molar-refractivity contribution in [3.8, 4) is 0 Å². The van der Waals surface area contributed by atoms with Crippen LogP contribution in [0.1, 0.15) is 37.6 Å². The van der Waals surface area contributed by atoms with E-state index in [0.717, 1.165) is 57.2 Å². The van der Waals surface area contributed by atoms with Crippen molar-refractivity contribution in [1.29, 1.82) is 0 Å². The number of hydrogen-bond acceptors (Lipinski definition) is 3. The monoisotopic (exact) mass is 512 g/mol. The molecule has 0 amide bonds.